The number of halogens is 3. The van der Waals surface area contributed by atoms with Gasteiger partial charge in [0.15, 0.2) is 0 Å². The number of fused-ring (bicyclic) bond motifs is 1. The highest BCUT2D eigenvalue weighted by molar-refractivity contribution is 5.83. The van der Waals surface area contributed by atoms with Crippen LogP contribution in [0.3, 0.4) is 0 Å². The van der Waals surface area contributed by atoms with Crippen LogP contribution < -0.4 is 14.9 Å². The zero-order chi connectivity index (χ0) is 23.8. The summed E-state index contributed by atoms with van der Waals surface area (Å²) in [5.74, 6) is -2.22. The third-order valence-corrected chi connectivity index (χ3v) is 5.94. The predicted molar refractivity (Wildman–Crippen MR) is 116 cm³/mol. The molecule has 0 amide bonds. The van der Waals surface area contributed by atoms with Crippen molar-refractivity contribution in [3.63, 3.8) is 0 Å². The Morgan fingerprint density at radius 1 is 1.12 bits per heavy atom. The second-order valence-corrected chi connectivity index (χ2v) is 8.12. The lowest BCUT2D eigenvalue weighted by Gasteiger charge is -2.33. The molecule has 1 aliphatic heterocycles. The quantitative estimate of drug-likeness (QED) is 0.524. The fraction of sp³-hybridized carbons (Fsp3) is 0.375. The number of ether oxygens (including phenoxy) is 2. The highest BCUT2D eigenvalue weighted by atomic mass is 19.4. The molecular formula is C24H24F3NO5. The summed E-state index contributed by atoms with van der Waals surface area (Å²) in [6.45, 7) is 2.94. The van der Waals surface area contributed by atoms with Crippen LogP contribution >= 0.6 is 0 Å². The van der Waals surface area contributed by atoms with Gasteiger partial charge in [-0.15, -0.1) is 0 Å². The Labute approximate surface area is 188 Å². The van der Waals surface area contributed by atoms with E-state index in [-0.39, 0.29) is 40.6 Å². The molecule has 9 heteroatoms. The Bertz CT molecular complexity index is 1200. The van der Waals surface area contributed by atoms with Gasteiger partial charge in [-0.3, -0.25) is 9.69 Å². The average Bonchev–Trinajstić information content (AvgIpc) is 2.78. The molecule has 1 aliphatic rings. The Kier molecular flexibility index (Phi) is 6.25. The third-order valence-electron chi connectivity index (χ3n) is 5.94. The molecule has 0 spiro atoms. The zero-order valence-corrected chi connectivity index (χ0v) is 18.2. The number of alkyl halides is 3. The van der Waals surface area contributed by atoms with Gasteiger partial charge >= 0.3 is 6.18 Å². The monoisotopic (exact) mass is 463 g/mol. The van der Waals surface area contributed by atoms with Crippen molar-refractivity contribution in [1.82, 2.24) is 4.90 Å². The molecule has 1 N–H and O–H groups in total. The molecule has 3 aromatic rings. The molecule has 0 saturated carbocycles. The fourth-order valence-electron chi connectivity index (χ4n) is 4.08. The number of rotatable bonds is 5. The lowest BCUT2D eigenvalue weighted by molar-refractivity contribution is -0.154. The van der Waals surface area contributed by atoms with Crippen LogP contribution in [-0.4, -0.2) is 29.7 Å². The minimum Gasteiger partial charge on any atom is -0.507 e. The smallest absolute Gasteiger partial charge is 0.453 e. The van der Waals surface area contributed by atoms with Crippen molar-refractivity contribution in [2.75, 3.05) is 13.7 Å². The first-order valence-corrected chi connectivity index (χ1v) is 10.6. The molecule has 1 unspecified atom stereocenters. The van der Waals surface area contributed by atoms with Crippen molar-refractivity contribution in [2.24, 2.45) is 0 Å². The average molecular weight is 463 g/mol. The Balaban J connectivity index is 1.85. The second kappa shape index (κ2) is 8.97. The van der Waals surface area contributed by atoms with E-state index in [1.807, 2.05) is 6.92 Å². The van der Waals surface area contributed by atoms with Gasteiger partial charge in [0.05, 0.1) is 18.1 Å². The van der Waals surface area contributed by atoms with Crippen LogP contribution in [0.1, 0.15) is 37.5 Å². The van der Waals surface area contributed by atoms with Crippen molar-refractivity contribution in [3.05, 3.63) is 57.9 Å². The number of nitrogens with zero attached hydrogens (tertiary/aromatic N) is 1. The van der Waals surface area contributed by atoms with Gasteiger partial charge < -0.3 is 19.0 Å². The molecule has 4 rings (SSSR count). The van der Waals surface area contributed by atoms with Gasteiger partial charge in [0.1, 0.15) is 22.8 Å². The molecule has 0 bridgehead atoms. The van der Waals surface area contributed by atoms with E-state index < -0.39 is 23.1 Å². The number of hydrogen-bond donors (Lipinski definition) is 1. The summed E-state index contributed by atoms with van der Waals surface area (Å²) in [5.41, 5.74) is -1.10. The van der Waals surface area contributed by atoms with E-state index in [1.165, 1.54) is 43.5 Å². The fourth-order valence-corrected chi connectivity index (χ4v) is 4.08. The van der Waals surface area contributed by atoms with Gasteiger partial charge in [0.2, 0.25) is 11.2 Å². The van der Waals surface area contributed by atoms with Crippen LogP contribution in [0, 0.1) is 0 Å². The lowest BCUT2D eigenvalue weighted by Crippen LogP contribution is -2.36. The maximum Gasteiger partial charge on any atom is 0.453 e. The van der Waals surface area contributed by atoms with Crippen molar-refractivity contribution in [2.45, 2.75) is 44.9 Å². The second-order valence-electron chi connectivity index (χ2n) is 8.12. The van der Waals surface area contributed by atoms with E-state index in [0.29, 0.717) is 5.75 Å². The molecule has 0 radical (unpaired) electrons. The summed E-state index contributed by atoms with van der Waals surface area (Å²) in [6, 6.07) is 8.53. The molecule has 1 aromatic heterocycles. The van der Waals surface area contributed by atoms with Crippen LogP contribution in [0.2, 0.25) is 0 Å². The summed E-state index contributed by atoms with van der Waals surface area (Å²) in [6.07, 6.45) is -2.02. The maximum atomic E-state index is 13.9. The minimum absolute atomic E-state index is 0.0223. The highest BCUT2D eigenvalue weighted by Crippen LogP contribution is 2.40. The van der Waals surface area contributed by atoms with Gasteiger partial charge in [-0.05, 0) is 62.7 Å². The summed E-state index contributed by atoms with van der Waals surface area (Å²) in [4.78, 5) is 15.2. The Hall–Kier alpha value is -3.20. The number of likely N-dealkylation sites (tertiary alicyclic amines) is 1. The topological polar surface area (TPSA) is 72.1 Å². The predicted octanol–water partition coefficient (Wildman–Crippen LogP) is 5.69. The van der Waals surface area contributed by atoms with Gasteiger partial charge in [0, 0.05) is 12.6 Å². The molecule has 6 nitrogen and oxygen atoms in total. The van der Waals surface area contributed by atoms with Crippen molar-refractivity contribution in [3.8, 4) is 23.0 Å². The number of phenols is 1. The van der Waals surface area contributed by atoms with E-state index in [4.69, 9.17) is 13.9 Å². The number of phenolic OH excluding ortho intramolecular Hbond substituents is 1. The molecule has 2 heterocycles. The minimum atomic E-state index is -4.99. The van der Waals surface area contributed by atoms with Crippen molar-refractivity contribution in [1.29, 1.82) is 0 Å². The van der Waals surface area contributed by atoms with E-state index >= 15 is 0 Å². The summed E-state index contributed by atoms with van der Waals surface area (Å²) in [5, 5.41) is 10.4. The Morgan fingerprint density at radius 2 is 1.82 bits per heavy atom. The summed E-state index contributed by atoms with van der Waals surface area (Å²) >= 11 is 0. The van der Waals surface area contributed by atoms with Crippen molar-refractivity contribution < 1.29 is 32.2 Å². The van der Waals surface area contributed by atoms with E-state index in [0.717, 1.165) is 25.8 Å². The molecule has 2 aromatic carbocycles. The summed E-state index contributed by atoms with van der Waals surface area (Å²) in [7, 11) is 1.45. The first-order valence-electron chi connectivity index (χ1n) is 10.6. The molecule has 1 saturated heterocycles. The molecule has 176 valence electrons. The standard InChI is InChI=1S/C24H24F3NO5/c1-14-5-3-4-12-28(14)13-18-19(29)11-10-17-20(30)22(23(24(25,26)27)33-21(17)18)32-16-8-6-15(31-2)7-9-16/h6-11,14,29H,3-5,12-13H2,1-2H3. The number of piperidine rings is 1. The van der Waals surface area contributed by atoms with Crippen LogP contribution in [-0.2, 0) is 12.7 Å². The maximum absolute atomic E-state index is 13.9. The molecule has 33 heavy (non-hydrogen) atoms. The van der Waals surface area contributed by atoms with Crippen LogP contribution in [0.4, 0.5) is 13.2 Å². The number of aromatic hydroxyl groups is 1. The van der Waals surface area contributed by atoms with Crippen LogP contribution in [0.15, 0.2) is 45.6 Å². The number of hydrogen-bond acceptors (Lipinski definition) is 6. The van der Waals surface area contributed by atoms with Crippen molar-refractivity contribution >= 4 is 11.0 Å². The van der Waals surface area contributed by atoms with Gasteiger partial charge in [-0.2, -0.15) is 13.2 Å². The van der Waals surface area contributed by atoms with Gasteiger partial charge in [-0.25, -0.2) is 0 Å². The van der Waals surface area contributed by atoms with Crippen LogP contribution in [0.25, 0.3) is 11.0 Å². The third kappa shape index (κ3) is 4.64. The Morgan fingerprint density at radius 3 is 2.45 bits per heavy atom. The number of methoxy groups -OCH3 is 1. The molecule has 1 fully saturated rings. The lowest BCUT2D eigenvalue weighted by atomic mass is 10.0. The molecule has 1 atom stereocenters. The molecule has 0 aliphatic carbocycles. The first kappa shape index (κ1) is 23.0. The van der Waals surface area contributed by atoms with Crippen LogP contribution in [0.5, 0.6) is 23.0 Å². The van der Waals surface area contributed by atoms with E-state index in [1.54, 1.807) is 0 Å². The summed E-state index contributed by atoms with van der Waals surface area (Å²) < 4.78 is 57.4. The molecular weight excluding hydrogens is 439 g/mol. The normalized spacial score (nSPS) is 17.3. The largest absolute Gasteiger partial charge is 0.507 e. The number of benzene rings is 2. The van der Waals surface area contributed by atoms with Gasteiger partial charge in [-0.1, -0.05) is 6.42 Å². The SMILES string of the molecule is COc1ccc(Oc2c(C(F)(F)F)oc3c(CN4CCCCC4C)c(O)ccc3c2=O)cc1. The van der Waals surface area contributed by atoms with E-state index in [2.05, 4.69) is 4.90 Å². The first-order chi connectivity index (χ1) is 15.7. The van der Waals surface area contributed by atoms with Gasteiger partial charge in [0.25, 0.3) is 5.76 Å². The highest BCUT2D eigenvalue weighted by Gasteiger charge is 2.41. The zero-order valence-electron chi connectivity index (χ0n) is 18.2. The van der Waals surface area contributed by atoms with E-state index in [9.17, 15) is 23.1 Å².